The van der Waals surface area contributed by atoms with Crippen molar-refractivity contribution < 1.29 is 9.53 Å². The summed E-state index contributed by atoms with van der Waals surface area (Å²) in [7, 11) is 0. The minimum absolute atomic E-state index is 0.0496. The van der Waals surface area contributed by atoms with Gasteiger partial charge in [-0.15, -0.1) is 0 Å². The van der Waals surface area contributed by atoms with Crippen LogP contribution in [-0.4, -0.2) is 36.7 Å². The third-order valence-corrected chi connectivity index (χ3v) is 4.65. The van der Waals surface area contributed by atoms with E-state index >= 15 is 0 Å². The number of nitrogens with zero attached hydrogens (tertiary/aromatic N) is 1. The van der Waals surface area contributed by atoms with Gasteiger partial charge in [0.15, 0.2) is 6.61 Å². The van der Waals surface area contributed by atoms with Gasteiger partial charge in [0.25, 0.3) is 5.91 Å². The van der Waals surface area contributed by atoms with Crippen LogP contribution in [0.5, 0.6) is 5.75 Å². The highest BCUT2D eigenvalue weighted by molar-refractivity contribution is 6.01. The zero-order valence-corrected chi connectivity index (χ0v) is 14.3. The molecule has 1 fully saturated rings. The van der Waals surface area contributed by atoms with Crippen molar-refractivity contribution in [2.45, 2.75) is 20.3 Å². The van der Waals surface area contributed by atoms with Gasteiger partial charge in [-0.1, -0.05) is 38.1 Å². The molecule has 1 saturated heterocycles. The van der Waals surface area contributed by atoms with Crippen LogP contribution >= 0.6 is 0 Å². The zero-order valence-electron chi connectivity index (χ0n) is 14.3. The highest BCUT2D eigenvalue weighted by Crippen LogP contribution is 2.28. The van der Waals surface area contributed by atoms with E-state index in [1.165, 1.54) is 12.6 Å². The molecule has 0 spiro atoms. The molecule has 24 heavy (non-hydrogen) atoms. The van der Waals surface area contributed by atoms with E-state index in [9.17, 15) is 4.79 Å². The van der Waals surface area contributed by atoms with E-state index in [1.807, 2.05) is 41.3 Å². The number of likely N-dealkylation sites (tertiary alicyclic amines) is 1. The molecule has 1 aliphatic heterocycles. The Morgan fingerprint density at radius 3 is 2.50 bits per heavy atom. The maximum absolute atomic E-state index is 12.5. The van der Waals surface area contributed by atoms with Crippen molar-refractivity contribution in [3.8, 4) is 5.75 Å². The van der Waals surface area contributed by atoms with Crippen molar-refractivity contribution >= 4 is 22.9 Å². The Morgan fingerprint density at radius 1 is 1.17 bits per heavy atom. The Bertz CT molecular complexity index is 746. The molecule has 0 bridgehead atoms. The van der Waals surface area contributed by atoms with Crippen molar-refractivity contribution in [3.63, 3.8) is 0 Å². The SMILES string of the molecule is CC1CC(C)CN(C(=O)COc2ccc(C=N)c3ccccc23)C1. The first-order valence-corrected chi connectivity index (χ1v) is 8.51. The summed E-state index contributed by atoms with van der Waals surface area (Å²) in [5, 5.41) is 9.42. The lowest BCUT2D eigenvalue weighted by atomic mass is 9.92. The largest absolute Gasteiger partial charge is 0.483 e. The Morgan fingerprint density at radius 2 is 1.83 bits per heavy atom. The first-order valence-electron chi connectivity index (χ1n) is 8.51. The number of ether oxygens (including phenoxy) is 1. The first kappa shape index (κ1) is 16.5. The van der Waals surface area contributed by atoms with Crippen LogP contribution in [0.25, 0.3) is 10.8 Å². The molecule has 2 aromatic carbocycles. The van der Waals surface area contributed by atoms with E-state index in [0.717, 1.165) is 29.4 Å². The summed E-state index contributed by atoms with van der Waals surface area (Å²) in [4.78, 5) is 14.4. The summed E-state index contributed by atoms with van der Waals surface area (Å²) < 4.78 is 5.84. The molecule has 126 valence electrons. The molecule has 1 aliphatic rings. The van der Waals surface area contributed by atoms with Gasteiger partial charge in [0.2, 0.25) is 0 Å². The predicted molar refractivity (Wildman–Crippen MR) is 96.9 cm³/mol. The molecule has 1 heterocycles. The van der Waals surface area contributed by atoms with Gasteiger partial charge in [-0.2, -0.15) is 0 Å². The van der Waals surface area contributed by atoms with Crippen LogP contribution in [0.2, 0.25) is 0 Å². The average molecular weight is 324 g/mol. The van der Waals surface area contributed by atoms with Crippen molar-refractivity contribution in [1.82, 2.24) is 4.90 Å². The first-order chi connectivity index (χ1) is 11.6. The van der Waals surface area contributed by atoms with Crippen LogP contribution < -0.4 is 4.74 Å². The number of rotatable bonds is 4. The number of hydrogen-bond acceptors (Lipinski definition) is 3. The minimum Gasteiger partial charge on any atom is -0.483 e. The molecule has 2 atom stereocenters. The molecule has 0 saturated carbocycles. The average Bonchev–Trinajstić information content (AvgIpc) is 2.58. The summed E-state index contributed by atoms with van der Waals surface area (Å²) in [6.45, 7) is 6.09. The van der Waals surface area contributed by atoms with E-state index in [-0.39, 0.29) is 12.5 Å². The molecule has 0 aliphatic carbocycles. The fraction of sp³-hybridized carbons (Fsp3) is 0.400. The fourth-order valence-corrected chi connectivity index (χ4v) is 3.64. The highest BCUT2D eigenvalue weighted by atomic mass is 16.5. The van der Waals surface area contributed by atoms with Crippen molar-refractivity contribution in [2.24, 2.45) is 11.8 Å². The molecule has 4 heteroatoms. The number of nitrogens with one attached hydrogen (secondary N) is 1. The quantitative estimate of drug-likeness (QED) is 0.872. The van der Waals surface area contributed by atoms with Crippen LogP contribution in [0.3, 0.4) is 0 Å². The van der Waals surface area contributed by atoms with Crippen molar-refractivity contribution in [2.75, 3.05) is 19.7 Å². The van der Waals surface area contributed by atoms with E-state index < -0.39 is 0 Å². The number of fused-ring (bicyclic) bond motifs is 1. The molecule has 2 aromatic rings. The minimum atomic E-state index is 0.0496. The number of piperidine rings is 1. The maximum atomic E-state index is 12.5. The van der Waals surface area contributed by atoms with E-state index in [0.29, 0.717) is 17.6 Å². The van der Waals surface area contributed by atoms with Crippen molar-refractivity contribution in [3.05, 3.63) is 42.0 Å². The second-order valence-corrected chi connectivity index (χ2v) is 6.88. The van der Waals surface area contributed by atoms with Gasteiger partial charge in [-0.05, 0) is 35.8 Å². The Hall–Kier alpha value is -2.36. The summed E-state index contributed by atoms with van der Waals surface area (Å²) in [6, 6.07) is 11.5. The fourth-order valence-electron chi connectivity index (χ4n) is 3.64. The zero-order chi connectivity index (χ0) is 17.1. The topological polar surface area (TPSA) is 53.4 Å². The smallest absolute Gasteiger partial charge is 0.260 e. The lowest BCUT2D eigenvalue weighted by molar-refractivity contribution is -0.136. The van der Waals surface area contributed by atoms with Gasteiger partial charge < -0.3 is 15.0 Å². The van der Waals surface area contributed by atoms with Gasteiger partial charge in [-0.25, -0.2) is 0 Å². The third-order valence-electron chi connectivity index (χ3n) is 4.65. The van der Waals surface area contributed by atoms with Crippen LogP contribution in [0, 0.1) is 17.2 Å². The highest BCUT2D eigenvalue weighted by Gasteiger charge is 2.25. The Labute approximate surface area is 142 Å². The second kappa shape index (κ2) is 7.04. The van der Waals surface area contributed by atoms with Gasteiger partial charge in [0.05, 0.1) is 0 Å². The van der Waals surface area contributed by atoms with Crippen LogP contribution in [-0.2, 0) is 4.79 Å². The standard InChI is InChI=1S/C20H24N2O2/c1-14-9-15(2)12-22(11-14)20(23)13-24-19-8-7-16(10-21)17-5-3-4-6-18(17)19/h3-8,10,14-15,21H,9,11-13H2,1-2H3. The Kier molecular flexibility index (Phi) is 4.84. The van der Waals surface area contributed by atoms with E-state index in [1.54, 1.807) is 0 Å². The molecule has 0 radical (unpaired) electrons. The molecular weight excluding hydrogens is 300 g/mol. The molecule has 0 aromatic heterocycles. The van der Waals surface area contributed by atoms with Crippen LogP contribution in [0.4, 0.5) is 0 Å². The van der Waals surface area contributed by atoms with Crippen LogP contribution in [0.1, 0.15) is 25.8 Å². The number of carbonyl (C=O) groups is 1. The van der Waals surface area contributed by atoms with E-state index in [4.69, 9.17) is 10.1 Å². The molecule has 1 N–H and O–H groups in total. The maximum Gasteiger partial charge on any atom is 0.260 e. The normalized spacial score (nSPS) is 20.8. The number of benzene rings is 2. The monoisotopic (exact) mass is 324 g/mol. The molecular formula is C20H24N2O2. The summed E-state index contributed by atoms with van der Waals surface area (Å²) in [5.74, 6) is 1.84. The van der Waals surface area contributed by atoms with Gasteiger partial charge >= 0.3 is 0 Å². The summed E-state index contributed by atoms with van der Waals surface area (Å²) >= 11 is 0. The van der Waals surface area contributed by atoms with Gasteiger partial charge in [-0.3, -0.25) is 4.79 Å². The predicted octanol–water partition coefficient (Wildman–Crippen LogP) is 3.72. The van der Waals surface area contributed by atoms with E-state index in [2.05, 4.69) is 13.8 Å². The second-order valence-electron chi connectivity index (χ2n) is 6.88. The summed E-state index contributed by atoms with van der Waals surface area (Å²) in [5.41, 5.74) is 0.850. The lowest BCUT2D eigenvalue weighted by Gasteiger charge is -2.34. The number of hydrogen-bond donors (Lipinski definition) is 1. The molecule has 4 nitrogen and oxygen atoms in total. The molecule has 3 rings (SSSR count). The van der Waals surface area contributed by atoms with Crippen molar-refractivity contribution in [1.29, 1.82) is 5.41 Å². The molecule has 1 amide bonds. The molecule has 2 unspecified atom stereocenters. The third kappa shape index (κ3) is 3.42. The van der Waals surface area contributed by atoms with Gasteiger partial charge in [0, 0.05) is 30.3 Å². The Balaban J connectivity index is 1.74. The van der Waals surface area contributed by atoms with Crippen LogP contribution in [0.15, 0.2) is 36.4 Å². The lowest BCUT2D eigenvalue weighted by Crippen LogP contribution is -2.44. The number of carbonyl (C=O) groups excluding carboxylic acids is 1. The summed E-state index contributed by atoms with van der Waals surface area (Å²) in [6.07, 6.45) is 2.52. The number of amides is 1. The van der Waals surface area contributed by atoms with Gasteiger partial charge in [0.1, 0.15) is 5.75 Å².